The van der Waals surface area contributed by atoms with Gasteiger partial charge in [0.25, 0.3) is 0 Å². The lowest BCUT2D eigenvalue weighted by molar-refractivity contribution is -0.121. The van der Waals surface area contributed by atoms with Crippen molar-refractivity contribution in [2.75, 3.05) is 11.4 Å². The molecule has 3 N–H and O–H groups in total. The van der Waals surface area contributed by atoms with Crippen LogP contribution in [0.4, 0.5) is 5.69 Å². The van der Waals surface area contributed by atoms with Crippen LogP contribution in [0.25, 0.3) is 0 Å². The monoisotopic (exact) mass is 264 g/mol. The molecular formula is C15H24N2O2. The van der Waals surface area contributed by atoms with Crippen molar-refractivity contribution in [2.45, 2.75) is 40.7 Å². The Balaban J connectivity index is 3.14. The summed E-state index contributed by atoms with van der Waals surface area (Å²) < 4.78 is 0. The van der Waals surface area contributed by atoms with Crippen molar-refractivity contribution in [2.24, 2.45) is 11.1 Å². The lowest BCUT2D eigenvalue weighted by Gasteiger charge is -2.32. The number of aromatic hydroxyl groups is 1. The van der Waals surface area contributed by atoms with E-state index in [4.69, 9.17) is 5.73 Å². The summed E-state index contributed by atoms with van der Waals surface area (Å²) >= 11 is 0. The molecule has 19 heavy (non-hydrogen) atoms. The van der Waals surface area contributed by atoms with Crippen LogP contribution >= 0.6 is 0 Å². The molecule has 4 nitrogen and oxygen atoms in total. The number of nitrogens with zero attached hydrogens (tertiary/aromatic N) is 1. The van der Waals surface area contributed by atoms with Crippen LogP contribution in [0.5, 0.6) is 5.75 Å². The molecule has 0 aromatic heterocycles. The molecule has 1 aromatic rings. The minimum atomic E-state index is -0.575. The summed E-state index contributed by atoms with van der Waals surface area (Å²) in [5.41, 5.74) is 7.40. The first-order valence-corrected chi connectivity index (χ1v) is 6.55. The Bertz CT molecular complexity index is 464. The van der Waals surface area contributed by atoms with Gasteiger partial charge in [-0.1, -0.05) is 26.8 Å². The smallest absolute Gasteiger partial charge is 0.244 e. The van der Waals surface area contributed by atoms with Crippen molar-refractivity contribution in [3.8, 4) is 5.75 Å². The van der Waals surface area contributed by atoms with E-state index in [9.17, 15) is 9.90 Å². The number of benzene rings is 1. The molecule has 0 bridgehead atoms. The molecule has 1 amide bonds. The third kappa shape index (κ3) is 3.47. The van der Waals surface area contributed by atoms with Crippen molar-refractivity contribution >= 4 is 11.6 Å². The number of carbonyl (C=O) groups is 1. The van der Waals surface area contributed by atoms with Gasteiger partial charge >= 0.3 is 0 Å². The maximum atomic E-state index is 12.5. The average molecular weight is 264 g/mol. The van der Waals surface area contributed by atoms with E-state index >= 15 is 0 Å². The van der Waals surface area contributed by atoms with Gasteiger partial charge in [-0.15, -0.1) is 0 Å². The molecule has 0 radical (unpaired) electrons. The molecule has 0 saturated carbocycles. The summed E-state index contributed by atoms with van der Waals surface area (Å²) in [6, 6.07) is 4.44. The molecular weight excluding hydrogens is 240 g/mol. The van der Waals surface area contributed by atoms with E-state index < -0.39 is 6.04 Å². The Kier molecular flexibility index (Phi) is 4.58. The maximum absolute atomic E-state index is 12.5. The van der Waals surface area contributed by atoms with E-state index in [-0.39, 0.29) is 17.1 Å². The van der Waals surface area contributed by atoms with Gasteiger partial charge in [0, 0.05) is 12.6 Å². The Morgan fingerprint density at radius 3 is 2.47 bits per heavy atom. The molecule has 0 aliphatic heterocycles. The van der Waals surface area contributed by atoms with Gasteiger partial charge < -0.3 is 15.7 Å². The van der Waals surface area contributed by atoms with Gasteiger partial charge in [0.15, 0.2) is 0 Å². The van der Waals surface area contributed by atoms with Crippen LogP contribution in [0, 0.1) is 12.3 Å². The Morgan fingerprint density at radius 1 is 1.42 bits per heavy atom. The second-order valence-electron chi connectivity index (χ2n) is 5.90. The molecule has 0 fully saturated rings. The Labute approximate surface area is 115 Å². The predicted octanol–water partition coefficient (Wildman–Crippen LogP) is 2.43. The summed E-state index contributed by atoms with van der Waals surface area (Å²) in [5, 5.41) is 9.59. The number of hydrogen-bond acceptors (Lipinski definition) is 3. The number of rotatable bonds is 3. The highest BCUT2D eigenvalue weighted by Gasteiger charge is 2.31. The van der Waals surface area contributed by atoms with Crippen LogP contribution in [-0.2, 0) is 4.79 Å². The Hall–Kier alpha value is -1.55. The van der Waals surface area contributed by atoms with Crippen molar-refractivity contribution in [1.82, 2.24) is 0 Å². The van der Waals surface area contributed by atoms with Crippen molar-refractivity contribution in [3.63, 3.8) is 0 Å². The largest absolute Gasteiger partial charge is 0.508 e. The molecule has 1 aromatic carbocycles. The standard InChI is InChI=1S/C15H24N2O2/c1-6-17(14(19)13(16)15(3,4)5)12-9-11(18)8-7-10(12)2/h7-9,13,18H,6,16H2,1-5H3/t13-/m1/s1. The summed E-state index contributed by atoms with van der Waals surface area (Å²) in [6.45, 7) is 10.2. The highest BCUT2D eigenvalue weighted by molar-refractivity contribution is 5.98. The van der Waals surface area contributed by atoms with E-state index in [2.05, 4.69) is 0 Å². The number of anilines is 1. The highest BCUT2D eigenvalue weighted by atomic mass is 16.3. The molecule has 0 spiro atoms. The molecule has 0 aliphatic rings. The zero-order valence-electron chi connectivity index (χ0n) is 12.4. The summed E-state index contributed by atoms with van der Waals surface area (Å²) in [4.78, 5) is 14.1. The van der Waals surface area contributed by atoms with Crippen LogP contribution in [0.2, 0.25) is 0 Å². The van der Waals surface area contributed by atoms with Crippen molar-refractivity contribution < 1.29 is 9.90 Å². The van der Waals surface area contributed by atoms with Gasteiger partial charge in [0.05, 0.1) is 11.7 Å². The first kappa shape index (κ1) is 15.5. The van der Waals surface area contributed by atoms with E-state index in [1.165, 1.54) is 0 Å². The van der Waals surface area contributed by atoms with Crippen molar-refractivity contribution in [1.29, 1.82) is 0 Å². The maximum Gasteiger partial charge on any atom is 0.244 e. The van der Waals surface area contributed by atoms with Crippen LogP contribution < -0.4 is 10.6 Å². The van der Waals surface area contributed by atoms with E-state index in [0.29, 0.717) is 12.2 Å². The van der Waals surface area contributed by atoms with Gasteiger partial charge in [-0.3, -0.25) is 4.79 Å². The molecule has 1 atom stereocenters. The number of aryl methyl sites for hydroxylation is 1. The molecule has 0 saturated heterocycles. The van der Waals surface area contributed by atoms with Gasteiger partial charge in [-0.05, 0) is 30.9 Å². The molecule has 4 heteroatoms. The number of carbonyl (C=O) groups excluding carboxylic acids is 1. The second kappa shape index (κ2) is 5.61. The van der Waals surface area contributed by atoms with Crippen LogP contribution in [0.3, 0.4) is 0 Å². The lowest BCUT2D eigenvalue weighted by atomic mass is 9.86. The van der Waals surface area contributed by atoms with Crippen LogP contribution in [0.15, 0.2) is 18.2 Å². The number of amides is 1. The molecule has 1 rings (SSSR count). The minimum Gasteiger partial charge on any atom is -0.508 e. The SMILES string of the molecule is CCN(C(=O)[C@@H](N)C(C)(C)C)c1cc(O)ccc1C. The molecule has 0 aliphatic carbocycles. The van der Waals surface area contributed by atoms with Gasteiger partial charge in [-0.25, -0.2) is 0 Å². The lowest BCUT2D eigenvalue weighted by Crippen LogP contribution is -2.50. The number of hydrogen-bond donors (Lipinski definition) is 2. The molecule has 0 unspecified atom stereocenters. The van der Waals surface area contributed by atoms with E-state index in [1.54, 1.807) is 23.1 Å². The fourth-order valence-corrected chi connectivity index (χ4v) is 1.87. The normalized spacial score (nSPS) is 13.2. The summed E-state index contributed by atoms with van der Waals surface area (Å²) in [6.07, 6.45) is 0. The number of likely N-dealkylation sites (N-methyl/N-ethyl adjacent to an activating group) is 1. The molecule has 0 heterocycles. The quantitative estimate of drug-likeness (QED) is 0.881. The number of nitrogens with two attached hydrogens (primary N) is 1. The van der Waals surface area contributed by atoms with E-state index in [1.807, 2.05) is 34.6 Å². The zero-order valence-corrected chi connectivity index (χ0v) is 12.4. The van der Waals surface area contributed by atoms with Crippen LogP contribution in [0.1, 0.15) is 33.3 Å². The zero-order chi connectivity index (χ0) is 14.8. The van der Waals surface area contributed by atoms with Crippen molar-refractivity contribution in [3.05, 3.63) is 23.8 Å². The number of phenols is 1. The fourth-order valence-electron chi connectivity index (χ4n) is 1.87. The molecule has 106 valence electrons. The summed E-state index contributed by atoms with van der Waals surface area (Å²) in [7, 11) is 0. The van der Waals surface area contributed by atoms with Crippen LogP contribution in [-0.4, -0.2) is 23.6 Å². The first-order chi connectivity index (χ1) is 8.68. The topological polar surface area (TPSA) is 66.6 Å². The van der Waals surface area contributed by atoms with E-state index in [0.717, 1.165) is 5.56 Å². The minimum absolute atomic E-state index is 0.122. The van der Waals surface area contributed by atoms with Gasteiger partial charge in [0.1, 0.15) is 5.75 Å². The second-order valence-corrected chi connectivity index (χ2v) is 5.90. The Morgan fingerprint density at radius 2 is 2.00 bits per heavy atom. The number of phenolic OH excluding ortho intramolecular Hbond substituents is 1. The average Bonchev–Trinajstić information content (AvgIpc) is 2.32. The predicted molar refractivity (Wildman–Crippen MR) is 78.3 cm³/mol. The third-order valence-electron chi connectivity index (χ3n) is 3.26. The highest BCUT2D eigenvalue weighted by Crippen LogP contribution is 2.27. The first-order valence-electron chi connectivity index (χ1n) is 6.55. The third-order valence-corrected chi connectivity index (χ3v) is 3.26. The van der Waals surface area contributed by atoms with Gasteiger partial charge in [0.2, 0.25) is 5.91 Å². The summed E-state index contributed by atoms with van der Waals surface area (Å²) in [5.74, 6) is 0.0277. The fraction of sp³-hybridized carbons (Fsp3) is 0.533. The van der Waals surface area contributed by atoms with Gasteiger partial charge in [-0.2, -0.15) is 0 Å².